The number of benzene rings is 1. The third-order valence-corrected chi connectivity index (χ3v) is 3.68. The van der Waals surface area contributed by atoms with Crippen LogP contribution in [0.5, 0.6) is 0 Å². The Labute approximate surface area is 71.3 Å². The fraction of sp³-hybridized carbons (Fsp3) is 0.250. The Kier molecular flexibility index (Phi) is 1.58. The highest BCUT2D eigenvalue weighted by molar-refractivity contribution is 7.91. The van der Waals surface area contributed by atoms with Crippen LogP contribution in [0.4, 0.5) is 5.69 Å². The Morgan fingerprint density at radius 3 is 2.75 bits per heavy atom. The van der Waals surface area contributed by atoms with Crippen LogP contribution >= 0.6 is 0 Å². The van der Waals surface area contributed by atoms with Crippen LogP contribution in [0.25, 0.3) is 0 Å². The normalized spacial score (nSPS) is 19.3. The van der Waals surface area contributed by atoms with Crippen molar-refractivity contribution in [1.82, 2.24) is 0 Å². The van der Waals surface area contributed by atoms with E-state index in [1.807, 2.05) is 6.07 Å². The minimum Gasteiger partial charge on any atom is -0.383 e. The van der Waals surface area contributed by atoms with Crippen LogP contribution in [0.2, 0.25) is 0 Å². The number of para-hydroxylation sites is 1. The quantitative estimate of drug-likeness (QED) is 0.649. The van der Waals surface area contributed by atoms with Gasteiger partial charge in [0.2, 0.25) is 0 Å². The van der Waals surface area contributed by atoms with Crippen LogP contribution in [0.15, 0.2) is 29.2 Å². The van der Waals surface area contributed by atoms with Gasteiger partial charge in [-0.1, -0.05) is 12.1 Å². The molecule has 0 aromatic heterocycles. The molecule has 64 valence electrons. The zero-order chi connectivity index (χ0) is 8.60. The lowest BCUT2D eigenvalue weighted by Crippen LogP contribution is -2.22. The maximum absolute atomic E-state index is 11.4. The number of hydrogen-bond acceptors (Lipinski definition) is 3. The van der Waals surface area contributed by atoms with Gasteiger partial charge in [0, 0.05) is 6.54 Å². The van der Waals surface area contributed by atoms with Crippen molar-refractivity contribution < 1.29 is 8.42 Å². The summed E-state index contributed by atoms with van der Waals surface area (Å²) in [5.41, 5.74) is 0.726. The van der Waals surface area contributed by atoms with Crippen LogP contribution in [0.3, 0.4) is 0 Å². The predicted octanol–water partition coefficient (Wildman–Crippen LogP) is 0.886. The second kappa shape index (κ2) is 2.48. The molecule has 1 aromatic rings. The Balaban J connectivity index is 2.67. The molecule has 1 aliphatic heterocycles. The van der Waals surface area contributed by atoms with E-state index in [0.29, 0.717) is 11.4 Å². The van der Waals surface area contributed by atoms with E-state index < -0.39 is 9.84 Å². The van der Waals surface area contributed by atoms with Crippen LogP contribution in [0.1, 0.15) is 0 Å². The fourth-order valence-electron chi connectivity index (χ4n) is 1.31. The van der Waals surface area contributed by atoms with E-state index in [-0.39, 0.29) is 5.75 Å². The van der Waals surface area contributed by atoms with Gasteiger partial charge >= 0.3 is 0 Å². The van der Waals surface area contributed by atoms with Gasteiger partial charge in [-0.3, -0.25) is 0 Å². The molecule has 0 radical (unpaired) electrons. The molecule has 12 heavy (non-hydrogen) atoms. The molecule has 1 heterocycles. The lowest BCUT2D eigenvalue weighted by atomic mass is 10.3. The van der Waals surface area contributed by atoms with Crippen LogP contribution in [-0.2, 0) is 9.84 Å². The average molecular weight is 183 g/mol. The van der Waals surface area contributed by atoms with E-state index >= 15 is 0 Å². The number of rotatable bonds is 0. The van der Waals surface area contributed by atoms with Crippen LogP contribution in [-0.4, -0.2) is 20.7 Å². The zero-order valence-electron chi connectivity index (χ0n) is 6.45. The van der Waals surface area contributed by atoms with Crippen LogP contribution < -0.4 is 5.32 Å². The largest absolute Gasteiger partial charge is 0.383 e. The lowest BCUT2D eigenvalue weighted by molar-refractivity contribution is 0.595. The molecule has 1 aromatic carbocycles. The van der Waals surface area contributed by atoms with E-state index in [4.69, 9.17) is 0 Å². The lowest BCUT2D eigenvalue weighted by Gasteiger charge is -2.17. The molecule has 0 amide bonds. The number of nitrogens with one attached hydrogen (secondary N) is 1. The summed E-state index contributed by atoms with van der Waals surface area (Å²) >= 11 is 0. The first-order valence-corrected chi connectivity index (χ1v) is 5.41. The number of hydrogen-bond donors (Lipinski definition) is 1. The maximum atomic E-state index is 11.4. The molecule has 0 bridgehead atoms. The molecular weight excluding hydrogens is 174 g/mol. The van der Waals surface area contributed by atoms with Gasteiger partial charge < -0.3 is 5.32 Å². The Hall–Kier alpha value is -1.03. The topological polar surface area (TPSA) is 46.2 Å². The molecule has 0 atom stereocenters. The van der Waals surface area contributed by atoms with Crippen molar-refractivity contribution in [1.29, 1.82) is 0 Å². The summed E-state index contributed by atoms with van der Waals surface area (Å²) in [6, 6.07) is 6.99. The van der Waals surface area contributed by atoms with Crippen molar-refractivity contribution in [3.05, 3.63) is 24.3 Å². The highest BCUT2D eigenvalue weighted by atomic mass is 32.2. The summed E-state index contributed by atoms with van der Waals surface area (Å²) in [7, 11) is -3.00. The molecule has 1 N–H and O–H groups in total. The molecule has 0 saturated carbocycles. The van der Waals surface area contributed by atoms with E-state index in [1.54, 1.807) is 18.2 Å². The predicted molar refractivity (Wildman–Crippen MR) is 47.0 cm³/mol. The van der Waals surface area contributed by atoms with Crippen molar-refractivity contribution in [2.45, 2.75) is 4.90 Å². The SMILES string of the molecule is O=S1(=O)CCNc2ccccc21. The van der Waals surface area contributed by atoms with Gasteiger partial charge in [0.25, 0.3) is 0 Å². The highest BCUT2D eigenvalue weighted by Crippen LogP contribution is 2.24. The molecule has 1 aliphatic rings. The number of anilines is 1. The van der Waals surface area contributed by atoms with Crippen molar-refractivity contribution in [2.24, 2.45) is 0 Å². The maximum Gasteiger partial charge on any atom is 0.182 e. The number of sulfone groups is 1. The summed E-state index contributed by atoms with van der Waals surface area (Å²) in [6.07, 6.45) is 0. The van der Waals surface area contributed by atoms with Gasteiger partial charge in [-0.2, -0.15) is 0 Å². The Morgan fingerprint density at radius 1 is 1.25 bits per heavy atom. The van der Waals surface area contributed by atoms with Crippen molar-refractivity contribution in [2.75, 3.05) is 17.6 Å². The van der Waals surface area contributed by atoms with Crippen molar-refractivity contribution in [3.8, 4) is 0 Å². The summed E-state index contributed by atoms with van der Waals surface area (Å²) in [5, 5.41) is 3.04. The van der Waals surface area contributed by atoms with Crippen molar-refractivity contribution in [3.63, 3.8) is 0 Å². The Bertz CT molecular complexity index is 397. The van der Waals surface area contributed by atoms with E-state index in [1.165, 1.54) is 0 Å². The second-order valence-electron chi connectivity index (χ2n) is 2.74. The fourth-order valence-corrected chi connectivity index (χ4v) is 2.67. The summed E-state index contributed by atoms with van der Waals surface area (Å²) < 4.78 is 22.9. The summed E-state index contributed by atoms with van der Waals surface area (Å²) in [6.45, 7) is 0.513. The molecule has 4 heteroatoms. The Morgan fingerprint density at radius 2 is 2.00 bits per heavy atom. The average Bonchev–Trinajstić information content (AvgIpc) is 2.04. The van der Waals surface area contributed by atoms with Gasteiger partial charge in [-0.15, -0.1) is 0 Å². The molecule has 2 rings (SSSR count). The molecule has 0 saturated heterocycles. The minimum atomic E-state index is -3.00. The molecule has 3 nitrogen and oxygen atoms in total. The molecule has 0 fully saturated rings. The first-order chi connectivity index (χ1) is 5.70. The molecular formula is C8H9NO2S. The first-order valence-electron chi connectivity index (χ1n) is 3.76. The van der Waals surface area contributed by atoms with Gasteiger partial charge in [0.15, 0.2) is 9.84 Å². The van der Waals surface area contributed by atoms with Gasteiger partial charge in [0.1, 0.15) is 0 Å². The second-order valence-corrected chi connectivity index (χ2v) is 4.82. The monoisotopic (exact) mass is 183 g/mol. The van der Waals surface area contributed by atoms with Crippen molar-refractivity contribution >= 4 is 15.5 Å². The van der Waals surface area contributed by atoms with E-state index in [0.717, 1.165) is 5.69 Å². The third-order valence-electron chi connectivity index (χ3n) is 1.91. The van der Waals surface area contributed by atoms with Gasteiger partial charge in [-0.25, -0.2) is 8.42 Å². The molecule has 0 aliphatic carbocycles. The van der Waals surface area contributed by atoms with Crippen LogP contribution in [0, 0.1) is 0 Å². The number of fused-ring (bicyclic) bond motifs is 1. The van der Waals surface area contributed by atoms with E-state index in [9.17, 15) is 8.42 Å². The standard InChI is InChI=1S/C8H9NO2S/c10-12(11)6-5-9-7-3-1-2-4-8(7)12/h1-4,9H,5-6H2. The zero-order valence-corrected chi connectivity index (χ0v) is 7.26. The van der Waals surface area contributed by atoms with Gasteiger partial charge in [-0.05, 0) is 12.1 Å². The molecule has 0 spiro atoms. The molecule has 0 unspecified atom stereocenters. The minimum absolute atomic E-state index is 0.198. The van der Waals surface area contributed by atoms with Gasteiger partial charge in [0.05, 0.1) is 16.3 Å². The summed E-state index contributed by atoms with van der Waals surface area (Å²) in [4.78, 5) is 0.427. The smallest absolute Gasteiger partial charge is 0.182 e. The third kappa shape index (κ3) is 1.08. The first kappa shape index (κ1) is 7.61. The van der Waals surface area contributed by atoms with E-state index in [2.05, 4.69) is 5.32 Å². The highest BCUT2D eigenvalue weighted by Gasteiger charge is 2.21. The summed E-state index contributed by atoms with van der Waals surface area (Å²) in [5.74, 6) is 0.198.